The molecule has 0 spiro atoms. The minimum Gasteiger partial charge on any atom is -0.480 e. The number of nitrogens with one attached hydrogen (secondary N) is 1. The lowest BCUT2D eigenvalue weighted by atomic mass is 10.2. The third kappa shape index (κ3) is 5.20. The first-order valence-corrected chi connectivity index (χ1v) is 7.47. The first-order valence-electron chi connectivity index (χ1n) is 6.25. The molecule has 0 bridgehead atoms. The third-order valence-corrected chi connectivity index (χ3v) is 3.95. The lowest BCUT2D eigenvalue weighted by molar-refractivity contribution is -0.140. The fourth-order valence-electron chi connectivity index (χ4n) is 1.59. The number of thiocarbonyl (C=S) groups is 1. The molecule has 1 amide bonds. The highest BCUT2D eigenvalue weighted by Gasteiger charge is 2.33. The highest BCUT2D eigenvalue weighted by atomic mass is 32.2. The second-order valence-corrected chi connectivity index (χ2v) is 5.85. The van der Waals surface area contributed by atoms with Gasteiger partial charge in [0.1, 0.15) is 10.9 Å². The van der Waals surface area contributed by atoms with Crippen molar-refractivity contribution in [3.63, 3.8) is 0 Å². The van der Waals surface area contributed by atoms with Crippen molar-refractivity contribution >= 4 is 40.2 Å². The van der Waals surface area contributed by atoms with Gasteiger partial charge in [0.15, 0.2) is 0 Å². The van der Waals surface area contributed by atoms with Gasteiger partial charge in [-0.1, -0.05) is 50.2 Å². The molecule has 1 fully saturated rings. The fraction of sp³-hybridized carbons (Fsp3) is 0.583. The van der Waals surface area contributed by atoms with Crippen molar-refractivity contribution in [2.24, 2.45) is 0 Å². The molecule has 5 nitrogen and oxygen atoms in total. The van der Waals surface area contributed by atoms with Crippen molar-refractivity contribution in [2.75, 3.05) is 13.1 Å². The van der Waals surface area contributed by atoms with E-state index in [1.165, 1.54) is 12.8 Å². The Balaban J connectivity index is 2.40. The summed E-state index contributed by atoms with van der Waals surface area (Å²) in [6, 6.07) is 0. The number of rotatable bonds is 8. The van der Waals surface area contributed by atoms with Crippen LogP contribution >= 0.6 is 24.0 Å². The Bertz CT molecular complexity index is 396. The average molecular weight is 302 g/mol. The standard InChI is InChI=1S/C12H18N2O3S2/c1-2-3-4-5-6-13-7-9-11(17)14(8-10(15)16)12(18)19-9/h7,13H,2-6,8H2,1H3,(H,15,16)/b9-7-. The number of aliphatic carboxylic acids is 1. The van der Waals surface area contributed by atoms with Crippen LogP contribution in [0.25, 0.3) is 0 Å². The molecule has 7 heteroatoms. The summed E-state index contributed by atoms with van der Waals surface area (Å²) in [5.74, 6) is -1.40. The Morgan fingerprint density at radius 3 is 2.84 bits per heavy atom. The summed E-state index contributed by atoms with van der Waals surface area (Å²) in [5.41, 5.74) is 0. The molecule has 0 aromatic rings. The van der Waals surface area contributed by atoms with E-state index in [4.69, 9.17) is 17.3 Å². The number of carbonyl (C=O) groups is 2. The summed E-state index contributed by atoms with van der Waals surface area (Å²) in [4.78, 5) is 24.0. The monoisotopic (exact) mass is 302 g/mol. The molecule has 1 saturated heterocycles. The number of carboxylic acid groups (broad SMARTS) is 1. The Labute approximate surface area is 122 Å². The van der Waals surface area contributed by atoms with Gasteiger partial charge in [-0.3, -0.25) is 14.5 Å². The third-order valence-electron chi connectivity index (χ3n) is 2.57. The zero-order valence-electron chi connectivity index (χ0n) is 10.8. The van der Waals surface area contributed by atoms with Gasteiger partial charge in [-0.25, -0.2) is 0 Å². The maximum Gasteiger partial charge on any atom is 0.323 e. The Morgan fingerprint density at radius 2 is 2.21 bits per heavy atom. The van der Waals surface area contributed by atoms with Crippen LogP contribution in [0.1, 0.15) is 32.6 Å². The molecule has 106 valence electrons. The molecule has 19 heavy (non-hydrogen) atoms. The predicted octanol–water partition coefficient (Wildman–Crippen LogP) is 1.94. The topological polar surface area (TPSA) is 69.6 Å². The lowest BCUT2D eigenvalue weighted by Crippen LogP contribution is -2.33. The molecular formula is C12H18N2O3S2. The smallest absolute Gasteiger partial charge is 0.323 e. The van der Waals surface area contributed by atoms with Crippen LogP contribution < -0.4 is 5.32 Å². The molecule has 0 saturated carbocycles. The maximum atomic E-state index is 11.9. The lowest BCUT2D eigenvalue weighted by Gasteiger charge is -2.10. The van der Waals surface area contributed by atoms with Gasteiger partial charge in [-0.05, 0) is 6.42 Å². The van der Waals surface area contributed by atoms with Crippen LogP contribution in [0, 0.1) is 0 Å². The average Bonchev–Trinajstić information content (AvgIpc) is 2.61. The molecule has 0 aromatic carbocycles. The molecule has 0 atom stereocenters. The SMILES string of the molecule is CCCCCCN/C=C1\SC(=S)N(CC(=O)O)C1=O. The Hall–Kier alpha value is -1.08. The van der Waals surface area contributed by atoms with Crippen molar-refractivity contribution in [1.82, 2.24) is 10.2 Å². The van der Waals surface area contributed by atoms with Gasteiger partial charge in [-0.2, -0.15) is 0 Å². The van der Waals surface area contributed by atoms with Crippen LogP contribution in [-0.4, -0.2) is 39.3 Å². The van der Waals surface area contributed by atoms with Gasteiger partial charge in [0.05, 0.1) is 4.91 Å². The molecule has 1 heterocycles. The van der Waals surface area contributed by atoms with E-state index in [2.05, 4.69) is 12.2 Å². The summed E-state index contributed by atoms with van der Waals surface area (Å²) in [5, 5.41) is 11.8. The molecule has 1 aliphatic rings. The maximum absolute atomic E-state index is 11.9. The van der Waals surface area contributed by atoms with E-state index in [9.17, 15) is 9.59 Å². The normalized spacial score (nSPS) is 17.3. The number of unbranched alkanes of at least 4 members (excludes halogenated alkanes) is 3. The number of thioether (sulfide) groups is 1. The number of carbonyl (C=O) groups excluding carboxylic acids is 1. The van der Waals surface area contributed by atoms with Crippen LogP contribution in [0.15, 0.2) is 11.1 Å². The second kappa shape index (κ2) is 8.16. The number of carboxylic acids is 1. The van der Waals surface area contributed by atoms with Gasteiger partial charge < -0.3 is 10.4 Å². The van der Waals surface area contributed by atoms with Gasteiger partial charge in [0, 0.05) is 12.7 Å². The summed E-state index contributed by atoms with van der Waals surface area (Å²) < 4.78 is 0.298. The van der Waals surface area contributed by atoms with Gasteiger partial charge in [0.2, 0.25) is 0 Å². The van der Waals surface area contributed by atoms with Gasteiger partial charge in [0.25, 0.3) is 5.91 Å². The largest absolute Gasteiger partial charge is 0.480 e. The molecular weight excluding hydrogens is 284 g/mol. The first kappa shape index (κ1) is 16.0. The van der Waals surface area contributed by atoms with Crippen molar-refractivity contribution in [3.8, 4) is 0 Å². The fourth-order valence-corrected chi connectivity index (χ4v) is 2.79. The molecule has 0 aromatic heterocycles. The predicted molar refractivity (Wildman–Crippen MR) is 79.8 cm³/mol. The molecule has 1 rings (SSSR count). The van der Waals surface area contributed by atoms with E-state index in [0.29, 0.717) is 9.23 Å². The quantitative estimate of drug-likeness (QED) is 0.406. The van der Waals surface area contributed by atoms with Crippen LogP contribution in [0.3, 0.4) is 0 Å². The molecule has 2 N–H and O–H groups in total. The molecule has 1 aliphatic heterocycles. The van der Waals surface area contributed by atoms with Crippen molar-refractivity contribution in [1.29, 1.82) is 0 Å². The van der Waals surface area contributed by atoms with E-state index in [1.807, 2.05) is 0 Å². The minimum absolute atomic E-state index is 0.298. The number of amides is 1. The molecule has 0 unspecified atom stereocenters. The zero-order valence-corrected chi connectivity index (χ0v) is 12.5. The number of hydrogen-bond donors (Lipinski definition) is 2. The van der Waals surface area contributed by atoms with E-state index in [0.717, 1.165) is 36.0 Å². The number of nitrogens with zero attached hydrogens (tertiary/aromatic N) is 1. The zero-order chi connectivity index (χ0) is 14.3. The van der Waals surface area contributed by atoms with Gasteiger partial charge >= 0.3 is 5.97 Å². The van der Waals surface area contributed by atoms with Crippen molar-refractivity contribution < 1.29 is 14.7 Å². The Kier molecular flexibility index (Phi) is 6.86. The van der Waals surface area contributed by atoms with Crippen LogP contribution in [-0.2, 0) is 9.59 Å². The highest BCUT2D eigenvalue weighted by Crippen LogP contribution is 2.29. The number of hydrogen-bond acceptors (Lipinski definition) is 5. The van der Waals surface area contributed by atoms with Crippen LogP contribution in [0.4, 0.5) is 0 Å². The Morgan fingerprint density at radius 1 is 1.47 bits per heavy atom. The van der Waals surface area contributed by atoms with E-state index in [1.54, 1.807) is 6.20 Å². The summed E-state index contributed by atoms with van der Waals surface area (Å²) >= 11 is 6.12. The summed E-state index contributed by atoms with van der Waals surface area (Å²) in [6.07, 6.45) is 6.25. The first-order chi connectivity index (χ1) is 9.06. The van der Waals surface area contributed by atoms with Gasteiger partial charge in [-0.15, -0.1) is 0 Å². The van der Waals surface area contributed by atoms with E-state index in [-0.39, 0.29) is 12.5 Å². The summed E-state index contributed by atoms with van der Waals surface area (Å²) in [6.45, 7) is 2.59. The molecule has 0 radical (unpaired) electrons. The highest BCUT2D eigenvalue weighted by molar-refractivity contribution is 8.26. The van der Waals surface area contributed by atoms with Crippen molar-refractivity contribution in [3.05, 3.63) is 11.1 Å². The summed E-state index contributed by atoms with van der Waals surface area (Å²) in [7, 11) is 0. The molecule has 0 aliphatic carbocycles. The van der Waals surface area contributed by atoms with Crippen LogP contribution in [0.5, 0.6) is 0 Å². The van der Waals surface area contributed by atoms with E-state index < -0.39 is 5.97 Å². The second-order valence-electron chi connectivity index (χ2n) is 4.18. The van der Waals surface area contributed by atoms with E-state index >= 15 is 0 Å². The van der Waals surface area contributed by atoms with Crippen LogP contribution in [0.2, 0.25) is 0 Å². The minimum atomic E-state index is -1.06. The van der Waals surface area contributed by atoms with Crippen molar-refractivity contribution in [2.45, 2.75) is 32.6 Å².